The summed E-state index contributed by atoms with van der Waals surface area (Å²) < 4.78 is 0. The lowest BCUT2D eigenvalue weighted by Crippen LogP contribution is -2.73. The summed E-state index contributed by atoms with van der Waals surface area (Å²) in [5, 5.41) is 65.3. The third-order valence-corrected chi connectivity index (χ3v) is 2.51. The van der Waals surface area contributed by atoms with Crippen LogP contribution in [0.4, 0.5) is 0 Å². The van der Waals surface area contributed by atoms with Crippen molar-refractivity contribution in [3.05, 3.63) is 10.1 Å². The molecule has 0 radical (unpaired) electrons. The van der Waals surface area contributed by atoms with Gasteiger partial charge in [0.2, 0.25) is 0 Å². The van der Waals surface area contributed by atoms with Crippen LogP contribution in [0.25, 0.3) is 0 Å². The van der Waals surface area contributed by atoms with Gasteiger partial charge in [-0.3, -0.25) is 10.1 Å². The lowest BCUT2D eigenvalue weighted by Gasteiger charge is -2.41. The summed E-state index contributed by atoms with van der Waals surface area (Å²) in [5.41, 5.74) is -3.31. The van der Waals surface area contributed by atoms with Gasteiger partial charge >= 0.3 is 5.72 Å². The van der Waals surface area contributed by atoms with Crippen LogP contribution in [0.1, 0.15) is 0 Å². The van der Waals surface area contributed by atoms with E-state index in [1.54, 1.807) is 0 Å². The Hall–Kier alpha value is -0.840. The van der Waals surface area contributed by atoms with Gasteiger partial charge in [-0.15, -0.1) is 0 Å². The van der Waals surface area contributed by atoms with Crippen molar-refractivity contribution in [3.8, 4) is 0 Å². The second kappa shape index (κ2) is 3.63. The Bertz CT molecular complexity index is 254. The Balaban J connectivity index is 3.12. The fraction of sp³-hybridized carbons (Fsp3) is 1.00. The van der Waals surface area contributed by atoms with Crippen molar-refractivity contribution in [2.75, 3.05) is 0 Å². The molecular weight excluding hydrogens is 214 g/mol. The molecule has 1 fully saturated rings. The largest absolute Gasteiger partial charge is 0.387 e. The standard InChI is InChI=1S/C6H11NO8/c8-1-2(9)4(11)6(13,7(14)15)5(12)3(1)10/h1-5,8-13H/t1?,2-,3-,4+,5+,6?/m1/s1. The minimum atomic E-state index is -3.31. The van der Waals surface area contributed by atoms with Gasteiger partial charge in [0, 0.05) is 0 Å². The summed E-state index contributed by atoms with van der Waals surface area (Å²) in [6, 6.07) is 0. The Labute approximate surface area is 83.0 Å². The van der Waals surface area contributed by atoms with Gasteiger partial charge in [0.1, 0.15) is 18.3 Å². The van der Waals surface area contributed by atoms with Gasteiger partial charge in [-0.2, -0.15) is 0 Å². The Kier molecular flexibility index (Phi) is 2.96. The summed E-state index contributed by atoms with van der Waals surface area (Å²) in [4.78, 5) is 9.00. The highest BCUT2D eigenvalue weighted by molar-refractivity contribution is 5.03. The highest BCUT2D eigenvalue weighted by atomic mass is 16.7. The first kappa shape index (κ1) is 12.2. The maximum atomic E-state index is 10.4. The lowest BCUT2D eigenvalue weighted by atomic mass is 9.80. The van der Waals surface area contributed by atoms with E-state index in [0.29, 0.717) is 0 Å². The van der Waals surface area contributed by atoms with Crippen molar-refractivity contribution in [2.45, 2.75) is 36.2 Å². The van der Waals surface area contributed by atoms with Crippen molar-refractivity contribution >= 4 is 0 Å². The number of nitro groups is 1. The van der Waals surface area contributed by atoms with Crippen molar-refractivity contribution in [3.63, 3.8) is 0 Å². The predicted molar refractivity (Wildman–Crippen MR) is 42.0 cm³/mol. The van der Waals surface area contributed by atoms with E-state index in [1.165, 1.54) is 0 Å². The van der Waals surface area contributed by atoms with E-state index in [9.17, 15) is 15.2 Å². The van der Waals surface area contributed by atoms with Gasteiger partial charge in [-0.25, -0.2) is 0 Å². The molecule has 1 aliphatic rings. The van der Waals surface area contributed by atoms with Gasteiger partial charge < -0.3 is 30.6 Å². The average molecular weight is 225 g/mol. The number of nitrogens with zero attached hydrogens (tertiary/aromatic N) is 1. The van der Waals surface area contributed by atoms with Gasteiger partial charge in [0.05, 0.1) is 4.92 Å². The maximum absolute atomic E-state index is 10.4. The van der Waals surface area contributed by atoms with Crippen molar-refractivity contribution in [1.29, 1.82) is 0 Å². The summed E-state index contributed by atoms with van der Waals surface area (Å²) in [6.45, 7) is 0. The van der Waals surface area contributed by atoms with Crippen LogP contribution in [0, 0.1) is 10.1 Å². The molecule has 0 unspecified atom stereocenters. The van der Waals surface area contributed by atoms with Gasteiger partial charge in [0.15, 0.2) is 12.2 Å². The Morgan fingerprint density at radius 1 is 0.933 bits per heavy atom. The summed E-state index contributed by atoms with van der Waals surface area (Å²) in [6.07, 6.45) is -11.0. The average Bonchev–Trinajstić information content (AvgIpc) is 2.20. The van der Waals surface area contributed by atoms with Crippen LogP contribution in [0.2, 0.25) is 0 Å². The maximum Gasteiger partial charge on any atom is 0.379 e. The minimum absolute atomic E-state index is 1.43. The van der Waals surface area contributed by atoms with E-state index in [4.69, 9.17) is 25.5 Å². The Morgan fingerprint density at radius 2 is 1.27 bits per heavy atom. The number of hydrogen-bond acceptors (Lipinski definition) is 8. The van der Waals surface area contributed by atoms with Crippen LogP contribution in [0.3, 0.4) is 0 Å². The monoisotopic (exact) mass is 225 g/mol. The molecule has 1 aliphatic carbocycles. The second-order valence-electron chi connectivity index (χ2n) is 3.40. The lowest BCUT2D eigenvalue weighted by molar-refractivity contribution is -0.661. The van der Waals surface area contributed by atoms with Crippen LogP contribution in [-0.4, -0.2) is 71.8 Å². The topological polar surface area (TPSA) is 165 Å². The number of aliphatic hydroxyl groups excluding tert-OH is 5. The summed E-state index contributed by atoms with van der Waals surface area (Å²) >= 11 is 0. The molecule has 0 bridgehead atoms. The molecule has 1 saturated carbocycles. The molecule has 0 spiro atoms. The molecule has 9 heteroatoms. The van der Waals surface area contributed by atoms with Crippen LogP contribution < -0.4 is 0 Å². The van der Waals surface area contributed by atoms with Crippen LogP contribution in [0.15, 0.2) is 0 Å². The number of aliphatic hydroxyl groups is 6. The quantitative estimate of drug-likeness (QED) is 0.148. The summed E-state index contributed by atoms with van der Waals surface area (Å²) in [7, 11) is 0. The number of rotatable bonds is 1. The molecule has 1 rings (SSSR count). The molecule has 0 aromatic heterocycles. The zero-order valence-corrected chi connectivity index (χ0v) is 7.33. The minimum Gasteiger partial charge on any atom is -0.387 e. The molecule has 88 valence electrons. The van der Waals surface area contributed by atoms with Crippen molar-refractivity contribution < 1.29 is 35.6 Å². The molecule has 0 heterocycles. The third-order valence-electron chi connectivity index (χ3n) is 2.51. The first-order chi connectivity index (χ1) is 6.74. The molecule has 0 aromatic carbocycles. The molecule has 0 saturated heterocycles. The number of hydrogen-bond donors (Lipinski definition) is 6. The van der Waals surface area contributed by atoms with Crippen molar-refractivity contribution in [2.24, 2.45) is 0 Å². The molecule has 0 aromatic rings. The van der Waals surface area contributed by atoms with Gasteiger partial charge in [-0.1, -0.05) is 0 Å². The molecule has 15 heavy (non-hydrogen) atoms. The molecule has 9 nitrogen and oxygen atoms in total. The van der Waals surface area contributed by atoms with E-state index in [2.05, 4.69) is 0 Å². The van der Waals surface area contributed by atoms with E-state index in [-0.39, 0.29) is 0 Å². The fourth-order valence-corrected chi connectivity index (χ4v) is 1.47. The highest BCUT2D eigenvalue weighted by Crippen LogP contribution is 2.30. The Morgan fingerprint density at radius 3 is 1.53 bits per heavy atom. The predicted octanol–water partition coefficient (Wildman–Crippen LogP) is -4.23. The van der Waals surface area contributed by atoms with Crippen LogP contribution in [-0.2, 0) is 0 Å². The van der Waals surface area contributed by atoms with E-state index in [1.807, 2.05) is 0 Å². The first-order valence-electron chi connectivity index (χ1n) is 4.01. The first-order valence-corrected chi connectivity index (χ1v) is 4.01. The molecular formula is C6H11NO8. The van der Waals surface area contributed by atoms with Gasteiger partial charge in [0.25, 0.3) is 0 Å². The third kappa shape index (κ3) is 1.49. The molecule has 0 amide bonds. The smallest absolute Gasteiger partial charge is 0.379 e. The summed E-state index contributed by atoms with van der Waals surface area (Å²) in [5.74, 6) is 0. The molecule has 4 atom stereocenters. The second-order valence-corrected chi connectivity index (χ2v) is 3.40. The molecule has 0 aliphatic heterocycles. The zero-order valence-electron chi connectivity index (χ0n) is 7.33. The SMILES string of the molecule is O=[N+]([O-])C1(O)[C@@H](O)[C@H](O)C(O)[C@@H](O)[C@@H]1O. The van der Waals surface area contributed by atoms with Gasteiger partial charge in [-0.05, 0) is 0 Å². The van der Waals surface area contributed by atoms with E-state index >= 15 is 0 Å². The normalized spacial score (nSPS) is 51.5. The highest BCUT2D eigenvalue weighted by Gasteiger charge is 2.66. The van der Waals surface area contributed by atoms with E-state index in [0.717, 1.165) is 0 Å². The van der Waals surface area contributed by atoms with Crippen LogP contribution in [0.5, 0.6) is 0 Å². The zero-order chi connectivity index (χ0) is 12.0. The molecule has 6 N–H and O–H groups in total. The van der Waals surface area contributed by atoms with E-state index < -0.39 is 41.2 Å². The fourth-order valence-electron chi connectivity index (χ4n) is 1.47. The van der Waals surface area contributed by atoms with Crippen LogP contribution >= 0.6 is 0 Å². The van der Waals surface area contributed by atoms with Crippen molar-refractivity contribution in [1.82, 2.24) is 0 Å².